The molecule has 0 fully saturated rings. The van der Waals surface area contributed by atoms with Crippen molar-refractivity contribution in [2.45, 2.75) is 4.90 Å². The number of carbonyl (C=O) groups is 1. The summed E-state index contributed by atoms with van der Waals surface area (Å²) in [5.74, 6) is -0.264. The second-order valence-corrected chi connectivity index (χ2v) is 8.61. The lowest BCUT2D eigenvalue weighted by Crippen LogP contribution is -2.36. The lowest BCUT2D eigenvalue weighted by atomic mass is 10.3. The number of Topliss-reactive ketones (excluding diaryl/α,β-unsaturated/α-hetero) is 1. The van der Waals surface area contributed by atoms with Gasteiger partial charge in [-0.05, 0) is 40.2 Å². The van der Waals surface area contributed by atoms with E-state index in [9.17, 15) is 13.2 Å². The number of hydrogen-bond acceptors (Lipinski definition) is 5. The normalized spacial score (nSPS) is 15.8. The first kappa shape index (κ1) is 14.4. The molecule has 0 spiro atoms. The predicted molar refractivity (Wildman–Crippen MR) is 84.8 cm³/mol. The maximum Gasteiger partial charge on any atom is 0.267 e. The number of nitrogens with zero attached hydrogens (tertiary/aromatic N) is 2. The molecular formula is C13H9BrN2O3S2. The number of sulfonamides is 1. The summed E-state index contributed by atoms with van der Waals surface area (Å²) >= 11 is 4.55. The molecule has 1 aromatic heterocycles. The minimum absolute atomic E-state index is 0.118. The summed E-state index contributed by atoms with van der Waals surface area (Å²) in [7, 11) is -3.72. The van der Waals surface area contributed by atoms with Crippen LogP contribution in [-0.4, -0.2) is 31.4 Å². The van der Waals surface area contributed by atoms with Crippen LogP contribution in [0.4, 0.5) is 5.69 Å². The number of para-hydroxylation sites is 1. The summed E-state index contributed by atoms with van der Waals surface area (Å²) in [4.78, 5) is 16.9. The molecule has 0 bridgehead atoms. The Morgan fingerprint density at radius 3 is 2.71 bits per heavy atom. The van der Waals surface area contributed by atoms with Crippen LogP contribution in [0.1, 0.15) is 9.67 Å². The van der Waals surface area contributed by atoms with Gasteiger partial charge in [0.15, 0.2) is 5.78 Å². The van der Waals surface area contributed by atoms with Gasteiger partial charge in [0.25, 0.3) is 10.0 Å². The Kier molecular flexibility index (Phi) is 3.68. The van der Waals surface area contributed by atoms with Crippen LogP contribution >= 0.6 is 27.3 Å². The number of thiophene rings is 1. The van der Waals surface area contributed by atoms with E-state index in [-0.39, 0.29) is 17.2 Å². The fourth-order valence-corrected chi connectivity index (χ4v) is 4.57. The first-order chi connectivity index (χ1) is 9.98. The van der Waals surface area contributed by atoms with E-state index < -0.39 is 10.0 Å². The van der Waals surface area contributed by atoms with Gasteiger partial charge in [-0.3, -0.25) is 4.79 Å². The third-order valence-electron chi connectivity index (χ3n) is 2.92. The SMILES string of the molecule is O=C(CN1C=Nc2ccccc2S1(=O)=O)c1ccc(Br)s1. The van der Waals surface area contributed by atoms with Crippen molar-refractivity contribution in [2.24, 2.45) is 4.99 Å². The second kappa shape index (κ2) is 5.36. The number of aliphatic imine (C=N–C) groups is 1. The fraction of sp³-hybridized carbons (Fsp3) is 0.0769. The number of fused-ring (bicyclic) bond motifs is 1. The average molecular weight is 385 g/mol. The van der Waals surface area contributed by atoms with Crippen molar-refractivity contribution in [3.8, 4) is 0 Å². The van der Waals surface area contributed by atoms with Crippen LogP contribution in [0.25, 0.3) is 0 Å². The summed E-state index contributed by atoms with van der Waals surface area (Å²) in [6, 6.07) is 9.88. The average Bonchev–Trinajstić information content (AvgIpc) is 2.89. The quantitative estimate of drug-likeness (QED) is 0.763. The van der Waals surface area contributed by atoms with Crippen LogP contribution in [-0.2, 0) is 10.0 Å². The molecule has 1 aliphatic rings. The minimum atomic E-state index is -3.72. The Morgan fingerprint density at radius 2 is 2.00 bits per heavy atom. The first-order valence-electron chi connectivity index (χ1n) is 5.92. The molecule has 1 aliphatic heterocycles. The zero-order chi connectivity index (χ0) is 15.0. The second-order valence-electron chi connectivity index (χ2n) is 4.29. The zero-order valence-electron chi connectivity index (χ0n) is 10.6. The van der Waals surface area contributed by atoms with Crippen LogP contribution in [0.15, 0.2) is 50.1 Å². The van der Waals surface area contributed by atoms with Crippen molar-refractivity contribution in [1.29, 1.82) is 0 Å². The third-order valence-corrected chi connectivity index (χ3v) is 6.33. The molecule has 0 atom stereocenters. The summed E-state index contributed by atoms with van der Waals surface area (Å²) < 4.78 is 26.7. The van der Waals surface area contributed by atoms with Crippen LogP contribution in [0, 0.1) is 0 Å². The fourth-order valence-electron chi connectivity index (χ4n) is 1.91. The first-order valence-corrected chi connectivity index (χ1v) is 8.97. The Labute approximate surface area is 134 Å². The Bertz CT molecular complexity index is 843. The highest BCUT2D eigenvalue weighted by molar-refractivity contribution is 9.11. The lowest BCUT2D eigenvalue weighted by Gasteiger charge is -2.23. The molecule has 0 amide bonds. The number of hydrogen-bond donors (Lipinski definition) is 0. The minimum Gasteiger partial charge on any atom is -0.291 e. The standard InChI is InChI=1S/C13H9BrN2O3S2/c14-13-6-5-11(20-13)10(17)7-16-8-15-9-3-1-2-4-12(9)21(16,18)19/h1-6,8H,7H2. The van der Waals surface area contributed by atoms with Gasteiger partial charge >= 0.3 is 0 Å². The van der Waals surface area contributed by atoms with Gasteiger partial charge in [0.2, 0.25) is 0 Å². The smallest absolute Gasteiger partial charge is 0.267 e. The largest absolute Gasteiger partial charge is 0.291 e. The van der Waals surface area contributed by atoms with Crippen molar-refractivity contribution >= 4 is 55.1 Å². The molecule has 0 saturated carbocycles. The lowest BCUT2D eigenvalue weighted by molar-refractivity contribution is 0.0985. The van der Waals surface area contributed by atoms with Crippen LogP contribution < -0.4 is 0 Å². The molecule has 0 unspecified atom stereocenters. The molecule has 8 heteroatoms. The van der Waals surface area contributed by atoms with Gasteiger partial charge in [0.05, 0.1) is 20.9 Å². The maximum atomic E-state index is 12.5. The van der Waals surface area contributed by atoms with E-state index in [1.54, 1.807) is 30.3 Å². The van der Waals surface area contributed by atoms with Crippen molar-refractivity contribution in [1.82, 2.24) is 4.31 Å². The number of carbonyl (C=O) groups excluding carboxylic acids is 1. The molecular weight excluding hydrogens is 376 g/mol. The van der Waals surface area contributed by atoms with Crippen LogP contribution in [0.2, 0.25) is 0 Å². The molecule has 0 N–H and O–H groups in total. The van der Waals surface area contributed by atoms with E-state index in [1.807, 2.05) is 0 Å². The molecule has 2 aromatic rings. The van der Waals surface area contributed by atoms with E-state index >= 15 is 0 Å². The molecule has 1 aromatic carbocycles. The molecule has 2 heterocycles. The molecule has 0 radical (unpaired) electrons. The monoisotopic (exact) mass is 384 g/mol. The van der Waals surface area contributed by atoms with Gasteiger partial charge in [0, 0.05) is 0 Å². The number of halogens is 1. The number of benzene rings is 1. The van der Waals surface area contributed by atoms with Crippen molar-refractivity contribution < 1.29 is 13.2 Å². The Hall–Kier alpha value is -1.51. The van der Waals surface area contributed by atoms with Crippen molar-refractivity contribution in [3.05, 3.63) is 45.1 Å². The molecule has 5 nitrogen and oxygen atoms in total. The molecule has 0 saturated heterocycles. The number of ketones is 1. The topological polar surface area (TPSA) is 66.8 Å². The number of rotatable bonds is 3. The highest BCUT2D eigenvalue weighted by atomic mass is 79.9. The van der Waals surface area contributed by atoms with E-state index in [2.05, 4.69) is 20.9 Å². The maximum absolute atomic E-state index is 12.5. The van der Waals surface area contributed by atoms with E-state index in [0.717, 1.165) is 8.09 Å². The zero-order valence-corrected chi connectivity index (χ0v) is 13.8. The van der Waals surface area contributed by atoms with Crippen molar-refractivity contribution in [2.75, 3.05) is 6.54 Å². The predicted octanol–water partition coefficient (Wildman–Crippen LogP) is 3.06. The molecule has 0 aliphatic carbocycles. The van der Waals surface area contributed by atoms with Gasteiger partial charge in [0.1, 0.15) is 11.2 Å². The Morgan fingerprint density at radius 1 is 1.24 bits per heavy atom. The van der Waals surface area contributed by atoms with E-state index in [4.69, 9.17) is 0 Å². The van der Waals surface area contributed by atoms with Gasteiger partial charge in [-0.2, -0.15) is 0 Å². The third kappa shape index (κ3) is 2.66. The molecule has 108 valence electrons. The molecule has 3 rings (SSSR count). The Balaban J connectivity index is 1.90. The highest BCUT2D eigenvalue weighted by Gasteiger charge is 2.30. The van der Waals surface area contributed by atoms with Crippen LogP contribution in [0.3, 0.4) is 0 Å². The van der Waals surface area contributed by atoms with E-state index in [1.165, 1.54) is 23.7 Å². The van der Waals surface area contributed by atoms with Gasteiger partial charge < -0.3 is 0 Å². The highest BCUT2D eigenvalue weighted by Crippen LogP contribution is 2.30. The van der Waals surface area contributed by atoms with Crippen molar-refractivity contribution in [3.63, 3.8) is 0 Å². The summed E-state index contributed by atoms with van der Waals surface area (Å²) in [5.41, 5.74) is 0.389. The summed E-state index contributed by atoms with van der Waals surface area (Å²) in [6.45, 7) is -0.257. The van der Waals surface area contributed by atoms with Gasteiger partial charge in [-0.25, -0.2) is 17.7 Å². The van der Waals surface area contributed by atoms with E-state index in [0.29, 0.717) is 10.6 Å². The summed E-state index contributed by atoms with van der Waals surface area (Å²) in [5, 5.41) is 0. The van der Waals surface area contributed by atoms with Crippen LogP contribution in [0.5, 0.6) is 0 Å². The van der Waals surface area contributed by atoms with Gasteiger partial charge in [-0.15, -0.1) is 11.3 Å². The molecule has 21 heavy (non-hydrogen) atoms. The summed E-state index contributed by atoms with van der Waals surface area (Å²) in [6.07, 6.45) is 1.19. The van der Waals surface area contributed by atoms with Gasteiger partial charge in [-0.1, -0.05) is 12.1 Å².